The number of hydrogen-bond acceptors (Lipinski definition) is 9. The van der Waals surface area contributed by atoms with E-state index in [-0.39, 0.29) is 17.1 Å². The number of ketones is 1. The summed E-state index contributed by atoms with van der Waals surface area (Å²) in [7, 11) is 1.41. The number of fused-ring (bicyclic) bond motifs is 1. The van der Waals surface area contributed by atoms with Crippen molar-refractivity contribution in [3.8, 4) is 11.5 Å². The van der Waals surface area contributed by atoms with Crippen LogP contribution in [0.1, 0.15) is 43.1 Å². The molecule has 4 aromatic rings. The maximum absolute atomic E-state index is 13.8. The third-order valence-corrected chi connectivity index (χ3v) is 8.18. The molecule has 1 unspecified atom stereocenters. The number of phenols is 1. The molecule has 2 aromatic carbocycles. The third kappa shape index (κ3) is 3.73. The molecule has 184 valence electrons. The molecule has 2 N–H and O–H groups in total. The van der Waals surface area contributed by atoms with Crippen molar-refractivity contribution in [3.05, 3.63) is 73.9 Å². The molecule has 1 amide bonds. The molecule has 3 heterocycles. The summed E-state index contributed by atoms with van der Waals surface area (Å²) in [6, 6.07) is 7.61. The number of phenolic OH excluding ortho intramolecular Hbond substituents is 1. The first-order valence-electron chi connectivity index (χ1n) is 11.1. The Morgan fingerprint density at radius 2 is 1.81 bits per heavy atom. The van der Waals surface area contributed by atoms with E-state index in [1.54, 1.807) is 26.0 Å². The first-order valence-corrected chi connectivity index (χ1v) is 12.7. The van der Waals surface area contributed by atoms with Crippen LogP contribution >= 0.6 is 22.7 Å². The highest BCUT2D eigenvalue weighted by Crippen LogP contribution is 2.46. The number of ether oxygens (including phenoxy) is 1. The number of benzene rings is 2. The molecule has 0 aliphatic carbocycles. The summed E-state index contributed by atoms with van der Waals surface area (Å²) in [5.41, 5.74) is 3.73. The number of aliphatic hydroxyl groups excluding tert-OH is 1. The molecule has 1 aliphatic heterocycles. The molecule has 0 saturated heterocycles. The minimum Gasteiger partial charge on any atom is -0.504 e. The molecular weight excluding hydrogens is 498 g/mol. The van der Waals surface area contributed by atoms with Gasteiger partial charge in [-0.2, -0.15) is 0 Å². The zero-order valence-corrected chi connectivity index (χ0v) is 21.9. The van der Waals surface area contributed by atoms with Gasteiger partial charge in [0.25, 0.3) is 5.91 Å². The average Bonchev–Trinajstić information content (AvgIpc) is 3.47. The standard InChI is InChI=1S/C26H23N3O5S2/c1-11-8-12(2)20-18(9-11)36-26(28-20)29-21(15-6-7-16(30)17(10-15)34-5)19(23(32)25(29)33)22(31)24-13(3)27-14(4)35-24/h6-10,21,30,32H,1-5H3. The number of carbonyl (C=O) groups excluding carboxylic acids is 2. The van der Waals surface area contributed by atoms with Crippen molar-refractivity contribution in [2.24, 2.45) is 0 Å². The maximum Gasteiger partial charge on any atom is 0.296 e. The topological polar surface area (TPSA) is 113 Å². The van der Waals surface area contributed by atoms with E-state index >= 15 is 0 Å². The van der Waals surface area contributed by atoms with E-state index in [2.05, 4.69) is 4.98 Å². The Bertz CT molecular complexity index is 1600. The van der Waals surface area contributed by atoms with Crippen molar-refractivity contribution in [3.63, 3.8) is 0 Å². The zero-order chi connectivity index (χ0) is 25.9. The van der Waals surface area contributed by atoms with Gasteiger partial charge in [-0.15, -0.1) is 11.3 Å². The Morgan fingerprint density at radius 1 is 1.06 bits per heavy atom. The molecule has 8 nitrogen and oxygen atoms in total. The third-order valence-electron chi connectivity index (χ3n) is 6.11. The smallest absolute Gasteiger partial charge is 0.296 e. The number of thiazole rings is 2. The van der Waals surface area contributed by atoms with Crippen LogP contribution in [0, 0.1) is 27.7 Å². The van der Waals surface area contributed by atoms with Crippen molar-refractivity contribution >= 4 is 49.7 Å². The molecular formula is C26H23N3O5S2. The summed E-state index contributed by atoms with van der Waals surface area (Å²) in [5, 5.41) is 22.3. The molecule has 0 saturated carbocycles. The summed E-state index contributed by atoms with van der Waals surface area (Å²) >= 11 is 2.52. The summed E-state index contributed by atoms with van der Waals surface area (Å²) in [4.78, 5) is 38.1. The van der Waals surface area contributed by atoms with E-state index in [1.165, 1.54) is 40.7 Å². The summed E-state index contributed by atoms with van der Waals surface area (Å²) in [6.45, 7) is 7.46. The van der Waals surface area contributed by atoms with E-state index in [4.69, 9.17) is 9.72 Å². The number of aromatic nitrogens is 2. The van der Waals surface area contributed by atoms with Gasteiger partial charge >= 0.3 is 0 Å². The highest BCUT2D eigenvalue weighted by molar-refractivity contribution is 7.22. The molecule has 0 bridgehead atoms. The molecule has 5 rings (SSSR count). The average molecular weight is 522 g/mol. The van der Waals surface area contributed by atoms with Crippen molar-refractivity contribution < 1.29 is 24.5 Å². The van der Waals surface area contributed by atoms with Crippen LogP contribution in [-0.4, -0.2) is 39.0 Å². The van der Waals surface area contributed by atoms with Gasteiger partial charge in [0, 0.05) is 0 Å². The van der Waals surface area contributed by atoms with Gasteiger partial charge in [0.1, 0.15) is 0 Å². The number of aromatic hydroxyl groups is 1. The van der Waals surface area contributed by atoms with Gasteiger partial charge in [-0.3, -0.25) is 14.5 Å². The second-order valence-electron chi connectivity index (χ2n) is 8.67. The van der Waals surface area contributed by atoms with Crippen LogP contribution in [0.2, 0.25) is 0 Å². The summed E-state index contributed by atoms with van der Waals surface area (Å²) in [5.74, 6) is -1.73. The van der Waals surface area contributed by atoms with Crippen molar-refractivity contribution in [1.29, 1.82) is 0 Å². The van der Waals surface area contributed by atoms with Crippen LogP contribution in [0.4, 0.5) is 5.13 Å². The Kier molecular flexibility index (Phi) is 5.80. The molecule has 2 aromatic heterocycles. The van der Waals surface area contributed by atoms with Crippen LogP contribution in [0.15, 0.2) is 41.7 Å². The van der Waals surface area contributed by atoms with Gasteiger partial charge in [-0.05, 0) is 62.6 Å². The van der Waals surface area contributed by atoms with E-state index in [9.17, 15) is 19.8 Å². The highest BCUT2D eigenvalue weighted by Gasteiger charge is 2.46. The van der Waals surface area contributed by atoms with Gasteiger partial charge in [0.2, 0.25) is 5.78 Å². The fourth-order valence-electron chi connectivity index (χ4n) is 4.54. The number of nitrogens with zero attached hydrogens (tertiary/aromatic N) is 3. The van der Waals surface area contributed by atoms with Crippen LogP contribution in [-0.2, 0) is 4.79 Å². The van der Waals surface area contributed by atoms with E-state index in [0.29, 0.717) is 26.3 Å². The van der Waals surface area contributed by atoms with Crippen molar-refractivity contribution in [1.82, 2.24) is 9.97 Å². The molecule has 1 atom stereocenters. The number of anilines is 1. The van der Waals surface area contributed by atoms with E-state index in [0.717, 1.165) is 21.3 Å². The van der Waals surface area contributed by atoms with Gasteiger partial charge in [-0.25, -0.2) is 9.97 Å². The Morgan fingerprint density at radius 3 is 2.47 bits per heavy atom. The minimum atomic E-state index is -0.983. The zero-order valence-electron chi connectivity index (χ0n) is 20.2. The minimum absolute atomic E-state index is 0.0633. The lowest BCUT2D eigenvalue weighted by atomic mass is 9.95. The van der Waals surface area contributed by atoms with Crippen LogP contribution in [0.25, 0.3) is 10.2 Å². The molecule has 0 spiro atoms. The van der Waals surface area contributed by atoms with Gasteiger partial charge < -0.3 is 14.9 Å². The van der Waals surface area contributed by atoms with Gasteiger partial charge in [-0.1, -0.05) is 23.5 Å². The number of aryl methyl sites for hydroxylation is 4. The molecule has 36 heavy (non-hydrogen) atoms. The van der Waals surface area contributed by atoms with Crippen LogP contribution in [0.3, 0.4) is 0 Å². The SMILES string of the molecule is COc1cc(C2C(C(=O)c3sc(C)nc3C)=C(O)C(=O)N2c2nc3c(C)cc(C)cc3s2)ccc1O. The second kappa shape index (κ2) is 8.72. The van der Waals surface area contributed by atoms with Crippen LogP contribution in [0.5, 0.6) is 11.5 Å². The lowest BCUT2D eigenvalue weighted by Crippen LogP contribution is -2.31. The fraction of sp³-hybridized carbons (Fsp3) is 0.231. The number of methoxy groups -OCH3 is 1. The first-order chi connectivity index (χ1) is 17.1. The van der Waals surface area contributed by atoms with E-state index < -0.39 is 23.5 Å². The fourth-order valence-corrected chi connectivity index (χ4v) is 6.58. The van der Waals surface area contributed by atoms with Gasteiger partial charge in [0.05, 0.1) is 44.5 Å². The normalized spacial score (nSPS) is 15.9. The Balaban J connectivity index is 1.73. The monoisotopic (exact) mass is 521 g/mol. The number of carbonyl (C=O) groups is 2. The molecule has 0 radical (unpaired) electrons. The van der Waals surface area contributed by atoms with Crippen molar-refractivity contribution in [2.45, 2.75) is 33.7 Å². The lowest BCUT2D eigenvalue weighted by molar-refractivity contribution is -0.117. The largest absolute Gasteiger partial charge is 0.504 e. The summed E-state index contributed by atoms with van der Waals surface area (Å²) in [6.07, 6.45) is 0. The number of Topliss-reactive ketones (excluding diaryl/α,β-unsaturated/α-hetero) is 1. The Labute approximate surface area is 215 Å². The number of rotatable bonds is 5. The second-order valence-corrected chi connectivity index (χ2v) is 10.9. The number of hydrogen-bond donors (Lipinski definition) is 2. The molecule has 10 heteroatoms. The highest BCUT2D eigenvalue weighted by atomic mass is 32.1. The molecule has 0 fully saturated rings. The molecule has 1 aliphatic rings. The maximum atomic E-state index is 13.8. The predicted octanol–water partition coefficient (Wildman–Crippen LogP) is 5.48. The van der Waals surface area contributed by atoms with Crippen molar-refractivity contribution in [2.75, 3.05) is 12.0 Å². The van der Waals surface area contributed by atoms with Gasteiger partial charge in [0.15, 0.2) is 22.4 Å². The lowest BCUT2D eigenvalue weighted by Gasteiger charge is -2.25. The number of amides is 1. The summed E-state index contributed by atoms with van der Waals surface area (Å²) < 4.78 is 6.18. The van der Waals surface area contributed by atoms with Crippen LogP contribution < -0.4 is 9.64 Å². The number of aliphatic hydroxyl groups is 1. The first kappa shape index (κ1) is 24.0. The van der Waals surface area contributed by atoms with E-state index in [1.807, 2.05) is 26.0 Å². The predicted molar refractivity (Wildman–Crippen MR) is 140 cm³/mol. The Hall–Kier alpha value is -3.76. The quantitative estimate of drug-likeness (QED) is 0.334.